The highest BCUT2D eigenvalue weighted by Gasteiger charge is 2.38. The van der Waals surface area contributed by atoms with Gasteiger partial charge in [0, 0.05) is 37.5 Å². The Labute approximate surface area is 114 Å². The molecule has 1 aliphatic heterocycles. The quantitative estimate of drug-likeness (QED) is 0.899. The van der Waals surface area contributed by atoms with Crippen LogP contribution in [0.1, 0.15) is 24.8 Å². The molecule has 0 aliphatic carbocycles. The smallest absolute Gasteiger partial charge is 0.223 e. The van der Waals surface area contributed by atoms with Crippen molar-refractivity contribution in [1.29, 1.82) is 0 Å². The lowest BCUT2D eigenvalue weighted by atomic mass is 9.74. The van der Waals surface area contributed by atoms with Crippen molar-refractivity contribution in [2.24, 2.45) is 5.73 Å². The van der Waals surface area contributed by atoms with Crippen molar-refractivity contribution in [3.8, 4) is 5.75 Å². The van der Waals surface area contributed by atoms with E-state index in [0.717, 1.165) is 30.7 Å². The number of methoxy groups -OCH3 is 1. The van der Waals surface area contributed by atoms with Crippen molar-refractivity contribution >= 4 is 5.91 Å². The summed E-state index contributed by atoms with van der Waals surface area (Å²) in [6.07, 6.45) is 2.35. The van der Waals surface area contributed by atoms with Gasteiger partial charge in [-0.05, 0) is 18.9 Å². The summed E-state index contributed by atoms with van der Waals surface area (Å²) in [7, 11) is 3.52. The number of para-hydroxylation sites is 1. The zero-order chi connectivity index (χ0) is 13.9. The molecular weight excluding hydrogens is 240 g/mol. The molecule has 104 valence electrons. The first-order valence-corrected chi connectivity index (χ1v) is 6.70. The molecule has 1 saturated heterocycles. The summed E-state index contributed by atoms with van der Waals surface area (Å²) in [6, 6.07) is 7.89. The average Bonchev–Trinajstić information content (AvgIpc) is 2.59. The minimum atomic E-state index is -0.297. The largest absolute Gasteiger partial charge is 0.496 e. The van der Waals surface area contributed by atoms with E-state index in [2.05, 4.69) is 0 Å². The molecule has 19 heavy (non-hydrogen) atoms. The van der Waals surface area contributed by atoms with Gasteiger partial charge in [-0.15, -0.1) is 0 Å². The van der Waals surface area contributed by atoms with Gasteiger partial charge in [0.05, 0.1) is 7.11 Å². The van der Waals surface area contributed by atoms with Gasteiger partial charge in [0.2, 0.25) is 5.91 Å². The number of likely N-dealkylation sites (tertiary alicyclic amines) is 1. The van der Waals surface area contributed by atoms with Gasteiger partial charge >= 0.3 is 0 Å². The van der Waals surface area contributed by atoms with E-state index in [4.69, 9.17) is 10.5 Å². The third kappa shape index (κ3) is 2.59. The van der Waals surface area contributed by atoms with Crippen LogP contribution in [0.25, 0.3) is 0 Å². The fraction of sp³-hybridized carbons (Fsp3) is 0.533. The number of amides is 1. The van der Waals surface area contributed by atoms with Crippen molar-refractivity contribution in [3.05, 3.63) is 29.8 Å². The summed E-state index contributed by atoms with van der Waals surface area (Å²) in [6.45, 7) is 1.27. The number of hydrogen-bond acceptors (Lipinski definition) is 3. The van der Waals surface area contributed by atoms with Crippen LogP contribution in [0.15, 0.2) is 24.3 Å². The Morgan fingerprint density at radius 2 is 2.16 bits per heavy atom. The maximum Gasteiger partial charge on any atom is 0.223 e. The second-order valence-corrected chi connectivity index (χ2v) is 5.28. The summed E-state index contributed by atoms with van der Waals surface area (Å²) in [4.78, 5) is 14.0. The Morgan fingerprint density at radius 3 is 2.84 bits per heavy atom. The lowest BCUT2D eigenvalue weighted by Crippen LogP contribution is -2.38. The molecule has 0 radical (unpaired) electrons. The number of carbonyl (C=O) groups is 1. The molecule has 0 bridgehead atoms. The fourth-order valence-electron chi connectivity index (χ4n) is 2.89. The number of benzene rings is 1. The van der Waals surface area contributed by atoms with E-state index < -0.39 is 0 Å². The Bertz CT molecular complexity index is 461. The Morgan fingerprint density at radius 1 is 1.42 bits per heavy atom. The van der Waals surface area contributed by atoms with Gasteiger partial charge < -0.3 is 15.4 Å². The van der Waals surface area contributed by atoms with Crippen LogP contribution >= 0.6 is 0 Å². The molecule has 4 nitrogen and oxygen atoms in total. The monoisotopic (exact) mass is 262 g/mol. The Balaban J connectivity index is 2.44. The summed E-state index contributed by atoms with van der Waals surface area (Å²) < 4.78 is 5.45. The van der Waals surface area contributed by atoms with E-state index in [1.807, 2.05) is 31.3 Å². The summed E-state index contributed by atoms with van der Waals surface area (Å²) in [5, 5.41) is 0. The predicted molar refractivity (Wildman–Crippen MR) is 75.2 cm³/mol. The molecule has 1 unspecified atom stereocenters. The predicted octanol–water partition coefficient (Wildman–Crippen LogP) is 1.53. The zero-order valence-corrected chi connectivity index (χ0v) is 11.7. The molecule has 1 heterocycles. The van der Waals surface area contributed by atoms with Crippen LogP contribution in [-0.4, -0.2) is 38.1 Å². The third-order valence-corrected chi connectivity index (χ3v) is 4.13. The summed E-state index contributed by atoms with van der Waals surface area (Å²) in [5.74, 6) is 0.985. The average molecular weight is 262 g/mol. The van der Waals surface area contributed by atoms with Crippen LogP contribution in [0.3, 0.4) is 0 Å². The van der Waals surface area contributed by atoms with E-state index in [9.17, 15) is 4.79 Å². The molecule has 1 aliphatic rings. The van der Waals surface area contributed by atoms with Gasteiger partial charge in [0.25, 0.3) is 0 Å². The van der Waals surface area contributed by atoms with Gasteiger partial charge in [-0.1, -0.05) is 18.2 Å². The van der Waals surface area contributed by atoms with E-state index in [1.165, 1.54) is 0 Å². The number of rotatable bonds is 3. The van der Waals surface area contributed by atoms with Crippen molar-refractivity contribution in [2.45, 2.75) is 24.7 Å². The maximum atomic E-state index is 12.2. The highest BCUT2D eigenvalue weighted by atomic mass is 16.5. The van der Waals surface area contributed by atoms with Crippen LogP contribution in [0.4, 0.5) is 0 Å². The topological polar surface area (TPSA) is 55.6 Å². The van der Waals surface area contributed by atoms with Crippen molar-refractivity contribution in [1.82, 2.24) is 4.90 Å². The van der Waals surface area contributed by atoms with Gasteiger partial charge in [-0.25, -0.2) is 0 Å². The van der Waals surface area contributed by atoms with Crippen LogP contribution < -0.4 is 10.5 Å². The first-order valence-electron chi connectivity index (χ1n) is 6.70. The molecule has 1 fully saturated rings. The lowest BCUT2D eigenvalue weighted by molar-refractivity contribution is -0.130. The first kappa shape index (κ1) is 13.9. The molecule has 1 aromatic carbocycles. The number of nitrogens with zero attached hydrogens (tertiary/aromatic N) is 1. The van der Waals surface area contributed by atoms with E-state index in [-0.39, 0.29) is 11.3 Å². The fourth-order valence-corrected chi connectivity index (χ4v) is 2.89. The lowest BCUT2D eigenvalue weighted by Gasteiger charge is -2.32. The van der Waals surface area contributed by atoms with E-state index >= 15 is 0 Å². The second kappa shape index (κ2) is 5.61. The first-order chi connectivity index (χ1) is 9.13. The number of hydrogen-bond donors (Lipinski definition) is 1. The molecule has 0 aromatic heterocycles. The van der Waals surface area contributed by atoms with Gasteiger partial charge in [0.1, 0.15) is 5.75 Å². The molecule has 2 N–H and O–H groups in total. The normalized spacial score (nSPS) is 24.2. The van der Waals surface area contributed by atoms with Crippen molar-refractivity contribution in [3.63, 3.8) is 0 Å². The Hall–Kier alpha value is -1.55. The molecule has 0 spiro atoms. The van der Waals surface area contributed by atoms with Gasteiger partial charge in [-0.3, -0.25) is 4.79 Å². The minimum Gasteiger partial charge on any atom is -0.496 e. The molecule has 4 heteroatoms. The molecule has 1 atom stereocenters. The zero-order valence-electron chi connectivity index (χ0n) is 11.7. The van der Waals surface area contributed by atoms with Crippen LogP contribution in [0.5, 0.6) is 5.75 Å². The third-order valence-electron chi connectivity index (χ3n) is 4.13. The maximum absolute atomic E-state index is 12.2. The molecule has 0 saturated carbocycles. The van der Waals surface area contributed by atoms with Gasteiger partial charge in [0.15, 0.2) is 0 Å². The molecule has 2 rings (SSSR count). The van der Waals surface area contributed by atoms with E-state index in [0.29, 0.717) is 13.0 Å². The Kier molecular flexibility index (Phi) is 4.10. The van der Waals surface area contributed by atoms with Crippen LogP contribution in [0.2, 0.25) is 0 Å². The van der Waals surface area contributed by atoms with Crippen molar-refractivity contribution in [2.75, 3.05) is 27.2 Å². The van der Waals surface area contributed by atoms with Crippen LogP contribution in [-0.2, 0) is 10.2 Å². The highest BCUT2D eigenvalue weighted by Crippen LogP contribution is 2.39. The van der Waals surface area contributed by atoms with Crippen LogP contribution in [0, 0.1) is 0 Å². The molecular formula is C15H22N2O2. The summed E-state index contributed by atoms with van der Waals surface area (Å²) >= 11 is 0. The van der Waals surface area contributed by atoms with E-state index in [1.54, 1.807) is 12.0 Å². The van der Waals surface area contributed by atoms with Gasteiger partial charge in [-0.2, -0.15) is 0 Å². The minimum absolute atomic E-state index is 0.161. The molecule has 1 amide bonds. The SMILES string of the molecule is COc1ccccc1C1(CN)CCCN(C)C(=O)C1. The number of carbonyl (C=O) groups excluding carboxylic acids is 1. The standard InChI is InChI=1S/C15H22N2O2/c1-17-9-5-8-15(11-16,10-14(17)18)12-6-3-4-7-13(12)19-2/h3-4,6-7H,5,8-11,16H2,1-2H3. The molecule has 1 aromatic rings. The summed E-state index contributed by atoms with van der Waals surface area (Å²) in [5.41, 5.74) is 6.81. The number of ether oxygens (including phenoxy) is 1. The second-order valence-electron chi connectivity index (χ2n) is 5.28. The van der Waals surface area contributed by atoms with Crippen molar-refractivity contribution < 1.29 is 9.53 Å². The highest BCUT2D eigenvalue weighted by molar-refractivity contribution is 5.78. The number of nitrogens with two attached hydrogens (primary N) is 1.